The van der Waals surface area contributed by atoms with Crippen LogP contribution >= 0.6 is 0 Å². The van der Waals surface area contributed by atoms with Gasteiger partial charge in [0.15, 0.2) is 5.65 Å². The Hall–Kier alpha value is -3.51. The van der Waals surface area contributed by atoms with Gasteiger partial charge in [-0.25, -0.2) is 14.5 Å². The van der Waals surface area contributed by atoms with Gasteiger partial charge in [-0.3, -0.25) is 4.79 Å². The van der Waals surface area contributed by atoms with E-state index in [1.165, 1.54) is 6.33 Å². The van der Waals surface area contributed by atoms with E-state index in [9.17, 15) is 4.79 Å². The molecule has 5 rings (SSSR count). The summed E-state index contributed by atoms with van der Waals surface area (Å²) in [6, 6.07) is 10.1. The molecular formula is C22H23N7O2. The van der Waals surface area contributed by atoms with Crippen LogP contribution in [-0.2, 0) is 9.53 Å². The minimum Gasteiger partial charge on any atom is -0.364 e. The smallest absolute Gasteiger partial charge is 0.248 e. The molecule has 9 nitrogen and oxygen atoms in total. The molecule has 2 aliphatic rings. The number of amides is 1. The Kier molecular flexibility index (Phi) is 5.00. The second-order valence-corrected chi connectivity index (χ2v) is 8.05. The van der Waals surface area contributed by atoms with Crippen LogP contribution in [0.4, 0.5) is 5.82 Å². The number of nitrogens with zero attached hydrogens (tertiary/aromatic N) is 7. The average Bonchev–Trinajstić information content (AvgIpc) is 3.38. The molecule has 1 amide bonds. The SMILES string of the molecule is CC(OCC(=O)N1CC2CCC(C1)N2c1ccc(C#N)cn1)c1cccn2ncnc12. The van der Waals surface area contributed by atoms with Gasteiger partial charge in [-0.1, -0.05) is 6.07 Å². The van der Waals surface area contributed by atoms with E-state index in [1.54, 1.807) is 16.8 Å². The summed E-state index contributed by atoms with van der Waals surface area (Å²) in [6.07, 6.45) is 6.75. The van der Waals surface area contributed by atoms with E-state index in [0.717, 1.165) is 29.9 Å². The zero-order valence-electron chi connectivity index (χ0n) is 17.3. The first kappa shape index (κ1) is 19.5. The van der Waals surface area contributed by atoms with Crippen molar-refractivity contribution in [3.05, 3.63) is 54.1 Å². The lowest BCUT2D eigenvalue weighted by Crippen LogP contribution is -2.56. The highest BCUT2D eigenvalue weighted by atomic mass is 16.5. The Morgan fingerprint density at radius 3 is 2.77 bits per heavy atom. The van der Waals surface area contributed by atoms with Gasteiger partial charge in [-0.05, 0) is 38.0 Å². The Morgan fingerprint density at radius 2 is 2.06 bits per heavy atom. The summed E-state index contributed by atoms with van der Waals surface area (Å²) < 4.78 is 7.62. The average molecular weight is 417 g/mol. The van der Waals surface area contributed by atoms with Crippen molar-refractivity contribution in [2.45, 2.75) is 38.0 Å². The molecule has 2 fully saturated rings. The molecule has 2 bridgehead atoms. The first-order valence-electron chi connectivity index (χ1n) is 10.5. The standard InChI is InChI=1S/C22H23N7O2/c1-15(19-3-2-8-28-22(19)25-14-26-28)31-13-21(30)27-11-17-5-6-18(12-27)29(17)20-7-4-16(9-23)10-24-20/h2-4,7-8,10,14-15,17-18H,5-6,11-13H2,1H3. The number of fused-ring (bicyclic) bond motifs is 3. The molecule has 158 valence electrons. The highest BCUT2D eigenvalue weighted by Crippen LogP contribution is 2.34. The number of anilines is 1. The van der Waals surface area contributed by atoms with Gasteiger partial charge in [0.05, 0.1) is 11.7 Å². The third kappa shape index (κ3) is 3.59. The van der Waals surface area contributed by atoms with Gasteiger partial charge in [0.2, 0.25) is 5.91 Å². The molecule has 3 aromatic rings. The minimum absolute atomic E-state index is 0.00426. The van der Waals surface area contributed by atoms with Gasteiger partial charge in [-0.15, -0.1) is 0 Å². The van der Waals surface area contributed by atoms with Gasteiger partial charge in [0.25, 0.3) is 0 Å². The molecule has 3 unspecified atom stereocenters. The summed E-state index contributed by atoms with van der Waals surface area (Å²) in [4.78, 5) is 25.8. The second kappa shape index (κ2) is 7.96. The van der Waals surface area contributed by atoms with Crippen LogP contribution in [0.3, 0.4) is 0 Å². The van der Waals surface area contributed by atoms with E-state index in [-0.39, 0.29) is 30.7 Å². The van der Waals surface area contributed by atoms with Crippen molar-refractivity contribution in [2.75, 3.05) is 24.6 Å². The maximum absolute atomic E-state index is 12.9. The fourth-order valence-electron chi connectivity index (χ4n) is 4.65. The van der Waals surface area contributed by atoms with Crippen LogP contribution in [0.25, 0.3) is 5.65 Å². The molecule has 0 aliphatic carbocycles. The molecule has 0 radical (unpaired) electrons. The van der Waals surface area contributed by atoms with E-state index in [1.807, 2.05) is 36.2 Å². The molecular weight excluding hydrogens is 394 g/mol. The first-order chi connectivity index (χ1) is 15.1. The number of hydrogen-bond donors (Lipinski definition) is 0. The Bertz CT molecular complexity index is 1120. The zero-order chi connectivity index (χ0) is 21.4. The van der Waals surface area contributed by atoms with Gasteiger partial charge < -0.3 is 14.5 Å². The number of pyridine rings is 2. The number of carbonyl (C=O) groups excluding carboxylic acids is 1. The fourth-order valence-corrected chi connectivity index (χ4v) is 4.65. The molecule has 9 heteroatoms. The van der Waals surface area contributed by atoms with Crippen LogP contribution in [0.1, 0.15) is 37.0 Å². The van der Waals surface area contributed by atoms with E-state index >= 15 is 0 Å². The lowest BCUT2D eigenvalue weighted by molar-refractivity contribution is -0.139. The Labute approximate surface area is 179 Å². The summed E-state index contributed by atoms with van der Waals surface area (Å²) in [7, 11) is 0. The maximum atomic E-state index is 12.9. The highest BCUT2D eigenvalue weighted by Gasteiger charge is 2.42. The van der Waals surface area contributed by atoms with Crippen LogP contribution in [-0.4, -0.2) is 62.2 Å². The Balaban J connectivity index is 1.22. The number of rotatable bonds is 5. The summed E-state index contributed by atoms with van der Waals surface area (Å²) in [6.45, 7) is 3.28. The predicted octanol–water partition coefficient (Wildman–Crippen LogP) is 1.95. The number of carbonyl (C=O) groups is 1. The normalized spacial score (nSPS) is 21.3. The van der Waals surface area contributed by atoms with Crippen molar-refractivity contribution in [3.63, 3.8) is 0 Å². The van der Waals surface area contributed by atoms with Crippen molar-refractivity contribution in [2.24, 2.45) is 0 Å². The maximum Gasteiger partial charge on any atom is 0.248 e. The van der Waals surface area contributed by atoms with Gasteiger partial charge in [0, 0.05) is 43.1 Å². The largest absolute Gasteiger partial charge is 0.364 e. The summed E-state index contributed by atoms with van der Waals surface area (Å²) >= 11 is 0. The molecule has 3 atom stereocenters. The van der Waals surface area contributed by atoms with Crippen LogP contribution in [0, 0.1) is 11.3 Å². The molecule has 2 aliphatic heterocycles. The van der Waals surface area contributed by atoms with Crippen LogP contribution in [0.5, 0.6) is 0 Å². The topological polar surface area (TPSA) is 99.7 Å². The molecule has 0 saturated carbocycles. The monoisotopic (exact) mass is 417 g/mol. The summed E-state index contributed by atoms with van der Waals surface area (Å²) in [5, 5.41) is 13.1. The third-order valence-corrected chi connectivity index (χ3v) is 6.21. The summed E-state index contributed by atoms with van der Waals surface area (Å²) in [5.41, 5.74) is 2.20. The van der Waals surface area contributed by atoms with Crippen LogP contribution < -0.4 is 4.90 Å². The first-order valence-corrected chi connectivity index (χ1v) is 10.5. The lowest BCUT2D eigenvalue weighted by Gasteiger charge is -2.41. The second-order valence-electron chi connectivity index (χ2n) is 8.05. The molecule has 2 saturated heterocycles. The molecule has 0 aromatic carbocycles. The van der Waals surface area contributed by atoms with Gasteiger partial charge in [0.1, 0.15) is 24.8 Å². The van der Waals surface area contributed by atoms with Crippen LogP contribution in [0.2, 0.25) is 0 Å². The van der Waals surface area contributed by atoms with Gasteiger partial charge in [-0.2, -0.15) is 10.4 Å². The van der Waals surface area contributed by atoms with E-state index in [2.05, 4.69) is 26.0 Å². The molecule has 3 aromatic heterocycles. The van der Waals surface area contributed by atoms with Crippen molar-refractivity contribution in [1.82, 2.24) is 24.5 Å². The van der Waals surface area contributed by atoms with Crippen molar-refractivity contribution in [3.8, 4) is 6.07 Å². The van der Waals surface area contributed by atoms with Crippen molar-refractivity contribution < 1.29 is 9.53 Å². The van der Waals surface area contributed by atoms with E-state index < -0.39 is 0 Å². The predicted molar refractivity (Wildman–Crippen MR) is 112 cm³/mol. The van der Waals surface area contributed by atoms with Crippen molar-refractivity contribution >= 4 is 17.4 Å². The number of nitriles is 1. The molecule has 31 heavy (non-hydrogen) atoms. The number of piperazine rings is 1. The third-order valence-electron chi connectivity index (χ3n) is 6.21. The number of likely N-dealkylation sites (tertiary alicyclic amines) is 1. The van der Waals surface area contributed by atoms with Gasteiger partial charge >= 0.3 is 0 Å². The van der Waals surface area contributed by atoms with E-state index in [0.29, 0.717) is 18.7 Å². The van der Waals surface area contributed by atoms with Crippen LogP contribution in [0.15, 0.2) is 43.0 Å². The fraction of sp³-hybridized carbons (Fsp3) is 0.409. The molecule has 0 spiro atoms. The highest BCUT2D eigenvalue weighted by molar-refractivity contribution is 5.78. The number of aromatic nitrogens is 4. The lowest BCUT2D eigenvalue weighted by atomic mass is 10.1. The van der Waals surface area contributed by atoms with E-state index in [4.69, 9.17) is 10.00 Å². The number of hydrogen-bond acceptors (Lipinski definition) is 7. The molecule has 0 N–H and O–H groups in total. The molecule has 5 heterocycles. The quantitative estimate of drug-likeness (QED) is 0.626. The Morgan fingerprint density at radius 1 is 1.26 bits per heavy atom. The van der Waals surface area contributed by atoms with Crippen molar-refractivity contribution in [1.29, 1.82) is 5.26 Å². The minimum atomic E-state index is -0.266. The number of ether oxygens (including phenoxy) is 1. The zero-order valence-corrected chi connectivity index (χ0v) is 17.3. The summed E-state index contributed by atoms with van der Waals surface area (Å²) in [5.74, 6) is 0.884.